The van der Waals surface area contributed by atoms with Crippen molar-refractivity contribution in [1.82, 2.24) is 4.31 Å². The highest BCUT2D eigenvalue weighted by Crippen LogP contribution is 2.29. The van der Waals surface area contributed by atoms with Crippen LogP contribution < -0.4 is 0 Å². The highest BCUT2D eigenvalue weighted by atomic mass is 79.9. The number of halogens is 1. The molecule has 0 unspecified atom stereocenters. The second kappa shape index (κ2) is 5.94. The van der Waals surface area contributed by atoms with Crippen molar-refractivity contribution in [1.29, 1.82) is 0 Å². The molecule has 6 heteroatoms. The molecule has 0 N–H and O–H groups in total. The third kappa shape index (κ3) is 2.92. The first-order valence-corrected chi connectivity index (χ1v) is 9.35. The molecule has 1 saturated heterocycles. The summed E-state index contributed by atoms with van der Waals surface area (Å²) in [4.78, 5) is 0.368. The minimum atomic E-state index is -3.35. The van der Waals surface area contributed by atoms with Crippen molar-refractivity contribution in [3.63, 3.8) is 0 Å². The fourth-order valence-corrected chi connectivity index (χ4v) is 5.22. The van der Waals surface area contributed by atoms with E-state index in [2.05, 4.69) is 22.2 Å². The molecule has 0 aromatic heterocycles. The Morgan fingerprint density at radius 3 is 2.44 bits per heavy atom. The zero-order chi connectivity index (χ0) is 13.2. The van der Waals surface area contributed by atoms with E-state index in [9.17, 15) is 8.42 Å². The van der Waals surface area contributed by atoms with Gasteiger partial charge in [0.2, 0.25) is 10.0 Å². The van der Waals surface area contributed by atoms with E-state index in [-0.39, 0.29) is 0 Å². The number of rotatable bonds is 3. The van der Waals surface area contributed by atoms with Crippen LogP contribution in [0.4, 0.5) is 0 Å². The van der Waals surface area contributed by atoms with Gasteiger partial charge >= 0.3 is 0 Å². The number of thioether (sulfide) groups is 1. The zero-order valence-corrected chi connectivity index (χ0v) is 13.4. The molecule has 1 aliphatic rings. The lowest BCUT2D eigenvalue weighted by Crippen LogP contribution is -2.39. The molecule has 3 nitrogen and oxygen atoms in total. The lowest BCUT2D eigenvalue weighted by Gasteiger charge is -2.30. The Bertz CT molecular complexity index is 511. The van der Waals surface area contributed by atoms with Crippen LogP contribution in [-0.4, -0.2) is 37.3 Å². The quantitative estimate of drug-likeness (QED) is 0.841. The number of piperidine rings is 1. The molecule has 0 atom stereocenters. The third-order valence-electron chi connectivity index (χ3n) is 3.19. The summed E-state index contributed by atoms with van der Waals surface area (Å²) in [5.41, 5.74) is 0. The maximum atomic E-state index is 12.5. The average Bonchev–Trinajstić information content (AvgIpc) is 2.39. The lowest BCUT2D eigenvalue weighted by atomic mass is 10.2. The Morgan fingerprint density at radius 1 is 1.28 bits per heavy atom. The van der Waals surface area contributed by atoms with E-state index in [1.54, 1.807) is 22.5 Å². The van der Waals surface area contributed by atoms with Gasteiger partial charge in [-0.1, -0.05) is 12.1 Å². The first-order valence-electron chi connectivity index (χ1n) is 5.83. The van der Waals surface area contributed by atoms with Crippen molar-refractivity contribution >= 4 is 37.7 Å². The summed E-state index contributed by atoms with van der Waals surface area (Å²) in [7, 11) is -3.35. The molecule has 100 valence electrons. The van der Waals surface area contributed by atoms with Crippen LogP contribution in [0.3, 0.4) is 0 Å². The molecular weight excluding hydrogens is 334 g/mol. The third-order valence-corrected chi connectivity index (χ3v) is 7.24. The van der Waals surface area contributed by atoms with Crippen molar-refractivity contribution in [3.05, 3.63) is 28.7 Å². The summed E-state index contributed by atoms with van der Waals surface area (Å²) in [6, 6.07) is 7.00. The van der Waals surface area contributed by atoms with E-state index < -0.39 is 10.0 Å². The van der Waals surface area contributed by atoms with Gasteiger partial charge in [-0.05, 0) is 47.2 Å². The standard InChI is InChI=1S/C12H16BrNO2S2/c1-17-10-6-8-14(9-7-10)18(15,16)12-5-3-2-4-11(12)13/h2-5,10H,6-9H2,1H3. The molecule has 1 fully saturated rings. The maximum Gasteiger partial charge on any atom is 0.244 e. The summed E-state index contributed by atoms with van der Waals surface area (Å²) in [6.07, 6.45) is 3.96. The van der Waals surface area contributed by atoms with Gasteiger partial charge in [0.1, 0.15) is 0 Å². The van der Waals surface area contributed by atoms with Gasteiger partial charge in [0.05, 0.1) is 4.90 Å². The van der Waals surface area contributed by atoms with Gasteiger partial charge in [0, 0.05) is 22.8 Å². The first-order chi connectivity index (χ1) is 8.55. The molecule has 2 rings (SSSR count). The van der Waals surface area contributed by atoms with Gasteiger partial charge in [-0.25, -0.2) is 8.42 Å². The van der Waals surface area contributed by atoms with Crippen LogP contribution in [0.2, 0.25) is 0 Å². The molecule has 0 saturated carbocycles. The number of hydrogen-bond donors (Lipinski definition) is 0. The second-order valence-corrected chi connectivity index (χ2v) is 8.17. The molecular formula is C12H16BrNO2S2. The van der Waals surface area contributed by atoms with E-state index in [0.29, 0.717) is 27.7 Å². The molecule has 0 radical (unpaired) electrons. The van der Waals surface area contributed by atoms with Gasteiger partial charge in [-0.3, -0.25) is 0 Å². The minimum Gasteiger partial charge on any atom is -0.207 e. The molecule has 0 aliphatic carbocycles. The van der Waals surface area contributed by atoms with Crippen LogP contribution in [0.1, 0.15) is 12.8 Å². The maximum absolute atomic E-state index is 12.5. The van der Waals surface area contributed by atoms with Crippen LogP contribution in [-0.2, 0) is 10.0 Å². The van der Waals surface area contributed by atoms with E-state index in [1.165, 1.54) is 0 Å². The summed E-state index contributed by atoms with van der Waals surface area (Å²) < 4.78 is 27.2. The molecule has 18 heavy (non-hydrogen) atoms. The molecule has 1 aliphatic heterocycles. The summed E-state index contributed by atoms with van der Waals surface area (Å²) in [5.74, 6) is 0. The smallest absolute Gasteiger partial charge is 0.207 e. The molecule has 0 amide bonds. The molecule has 0 spiro atoms. The van der Waals surface area contributed by atoms with Crippen molar-refractivity contribution in [2.45, 2.75) is 23.0 Å². The van der Waals surface area contributed by atoms with Gasteiger partial charge in [0.15, 0.2) is 0 Å². The average molecular weight is 350 g/mol. The van der Waals surface area contributed by atoms with Crippen molar-refractivity contribution < 1.29 is 8.42 Å². The Labute approximate surface area is 121 Å². The monoisotopic (exact) mass is 349 g/mol. The predicted molar refractivity (Wildman–Crippen MR) is 79.4 cm³/mol. The van der Waals surface area contributed by atoms with Crippen molar-refractivity contribution in [2.75, 3.05) is 19.3 Å². The van der Waals surface area contributed by atoms with E-state index >= 15 is 0 Å². The van der Waals surface area contributed by atoms with Gasteiger partial charge in [0.25, 0.3) is 0 Å². The molecule has 1 aromatic carbocycles. The summed E-state index contributed by atoms with van der Waals surface area (Å²) in [5, 5.41) is 0.593. The zero-order valence-electron chi connectivity index (χ0n) is 10.2. The Balaban J connectivity index is 2.20. The highest BCUT2D eigenvalue weighted by molar-refractivity contribution is 9.10. The van der Waals surface area contributed by atoms with Crippen LogP contribution in [0.5, 0.6) is 0 Å². The molecule has 0 bridgehead atoms. The van der Waals surface area contributed by atoms with Gasteiger partial charge in [-0.15, -0.1) is 0 Å². The lowest BCUT2D eigenvalue weighted by molar-refractivity contribution is 0.352. The molecule has 1 aromatic rings. The normalized spacial score (nSPS) is 19.0. The van der Waals surface area contributed by atoms with Gasteiger partial charge < -0.3 is 0 Å². The van der Waals surface area contributed by atoms with Crippen LogP contribution >= 0.6 is 27.7 Å². The van der Waals surface area contributed by atoms with Crippen molar-refractivity contribution in [3.8, 4) is 0 Å². The SMILES string of the molecule is CSC1CCN(S(=O)(=O)c2ccccc2Br)CC1. The van der Waals surface area contributed by atoms with Crippen LogP contribution in [0.25, 0.3) is 0 Å². The Morgan fingerprint density at radius 2 is 1.89 bits per heavy atom. The fourth-order valence-electron chi connectivity index (χ4n) is 2.10. The number of sulfonamides is 1. The number of nitrogens with zero attached hydrogens (tertiary/aromatic N) is 1. The summed E-state index contributed by atoms with van der Waals surface area (Å²) >= 11 is 5.14. The number of hydrogen-bond acceptors (Lipinski definition) is 3. The Hall–Kier alpha value is -0.0400. The molecule has 1 heterocycles. The fraction of sp³-hybridized carbons (Fsp3) is 0.500. The van der Waals surface area contributed by atoms with Crippen LogP contribution in [0.15, 0.2) is 33.6 Å². The van der Waals surface area contributed by atoms with Crippen LogP contribution in [0, 0.1) is 0 Å². The highest BCUT2D eigenvalue weighted by Gasteiger charge is 2.30. The van der Waals surface area contributed by atoms with E-state index in [4.69, 9.17) is 0 Å². The Kier molecular flexibility index (Phi) is 4.75. The first kappa shape index (κ1) is 14.4. The second-order valence-electron chi connectivity index (χ2n) is 4.27. The number of benzene rings is 1. The topological polar surface area (TPSA) is 37.4 Å². The minimum absolute atomic E-state index is 0.368. The van der Waals surface area contributed by atoms with E-state index in [0.717, 1.165) is 12.8 Å². The van der Waals surface area contributed by atoms with Gasteiger partial charge in [-0.2, -0.15) is 16.1 Å². The van der Waals surface area contributed by atoms with Crippen molar-refractivity contribution in [2.24, 2.45) is 0 Å². The largest absolute Gasteiger partial charge is 0.244 e. The predicted octanol–water partition coefficient (Wildman–Crippen LogP) is 2.97. The van der Waals surface area contributed by atoms with E-state index in [1.807, 2.05) is 17.8 Å². The summed E-state index contributed by atoms with van der Waals surface area (Å²) in [6.45, 7) is 1.24.